The molecule has 9 heteroatoms. The van der Waals surface area contributed by atoms with Gasteiger partial charge in [0.1, 0.15) is 23.9 Å². The van der Waals surface area contributed by atoms with Gasteiger partial charge in [-0.3, -0.25) is 4.79 Å². The third-order valence-electron chi connectivity index (χ3n) is 6.68. The first-order chi connectivity index (χ1) is 19.4. The van der Waals surface area contributed by atoms with Crippen LogP contribution in [0.4, 0.5) is 11.4 Å². The molecule has 1 aliphatic heterocycles. The first kappa shape index (κ1) is 28.8. The summed E-state index contributed by atoms with van der Waals surface area (Å²) in [5.41, 5.74) is 2.61. The molecule has 1 unspecified atom stereocenters. The minimum Gasteiger partial charge on any atom is -0.495 e. The number of carboxylic acid groups (broad SMARTS) is 1. The highest BCUT2D eigenvalue weighted by atomic mass is 35.5. The van der Waals surface area contributed by atoms with Gasteiger partial charge >= 0.3 is 5.97 Å². The number of carbonyl (C=O) groups excluding carboxylic acids is 1. The summed E-state index contributed by atoms with van der Waals surface area (Å²) >= 11 is 6.32. The van der Waals surface area contributed by atoms with Gasteiger partial charge in [0.2, 0.25) is 5.91 Å². The predicted octanol–water partition coefficient (Wildman–Crippen LogP) is 6.43. The second-order valence-corrected chi connectivity index (χ2v) is 9.90. The molecule has 1 atom stereocenters. The fraction of sp³-hybridized carbons (Fsp3) is 0.290. The van der Waals surface area contributed by atoms with Crippen molar-refractivity contribution in [3.05, 3.63) is 94.8 Å². The maximum atomic E-state index is 13.3. The van der Waals surface area contributed by atoms with Crippen molar-refractivity contribution >= 4 is 34.9 Å². The minimum absolute atomic E-state index is 0.0297. The molecule has 1 aliphatic rings. The van der Waals surface area contributed by atoms with Crippen LogP contribution in [0.25, 0.3) is 0 Å². The van der Waals surface area contributed by atoms with Crippen LogP contribution in [0, 0.1) is 0 Å². The molecule has 1 fully saturated rings. The lowest BCUT2D eigenvalue weighted by atomic mass is 10.1. The van der Waals surface area contributed by atoms with E-state index >= 15 is 0 Å². The van der Waals surface area contributed by atoms with Gasteiger partial charge in [0.05, 0.1) is 41.5 Å². The first-order valence-electron chi connectivity index (χ1n) is 13.3. The highest BCUT2D eigenvalue weighted by Crippen LogP contribution is 2.30. The van der Waals surface area contributed by atoms with Crippen LogP contribution in [0.5, 0.6) is 11.5 Å². The number of methoxy groups -OCH3 is 1. The zero-order chi connectivity index (χ0) is 28.5. The number of carbonyl (C=O) groups is 2. The van der Waals surface area contributed by atoms with Crippen LogP contribution in [0.2, 0.25) is 5.02 Å². The van der Waals surface area contributed by atoms with Crippen molar-refractivity contribution in [1.29, 1.82) is 0 Å². The molecule has 8 nitrogen and oxygen atoms in total. The van der Waals surface area contributed by atoms with Gasteiger partial charge in [0.25, 0.3) is 0 Å². The number of para-hydroxylation sites is 1. The van der Waals surface area contributed by atoms with E-state index in [1.807, 2.05) is 60.4 Å². The maximum Gasteiger partial charge on any atom is 0.335 e. The first-order valence-corrected chi connectivity index (χ1v) is 13.7. The van der Waals surface area contributed by atoms with Crippen molar-refractivity contribution in [1.82, 2.24) is 4.90 Å². The van der Waals surface area contributed by atoms with E-state index in [4.69, 9.17) is 26.2 Å². The van der Waals surface area contributed by atoms with Gasteiger partial charge < -0.3 is 30.1 Å². The SMILES string of the molecule is CC/C=C(\Nc1ccccc1Cl)Nc1ccc(CC(=O)N2CCCC2COc2ccc(C(=O)O)cc2)cc1OC. The topological polar surface area (TPSA) is 100 Å². The number of aromatic carboxylic acids is 1. The number of halogens is 1. The summed E-state index contributed by atoms with van der Waals surface area (Å²) in [6.07, 6.45) is 4.85. The Balaban J connectivity index is 1.38. The fourth-order valence-corrected chi connectivity index (χ4v) is 4.82. The summed E-state index contributed by atoms with van der Waals surface area (Å²) in [7, 11) is 1.60. The molecule has 3 N–H and O–H groups in total. The van der Waals surface area contributed by atoms with Crippen molar-refractivity contribution in [2.75, 3.05) is 30.9 Å². The van der Waals surface area contributed by atoms with Crippen molar-refractivity contribution in [3.63, 3.8) is 0 Å². The zero-order valence-electron chi connectivity index (χ0n) is 22.7. The molecule has 0 radical (unpaired) electrons. The molecule has 0 aliphatic carbocycles. The number of likely N-dealkylation sites (tertiary alicyclic amines) is 1. The Morgan fingerprint density at radius 1 is 1.07 bits per heavy atom. The van der Waals surface area contributed by atoms with E-state index in [-0.39, 0.29) is 23.9 Å². The summed E-state index contributed by atoms with van der Waals surface area (Å²) in [6.45, 7) is 3.09. The normalized spacial score (nSPS) is 15.0. The van der Waals surface area contributed by atoms with E-state index in [2.05, 4.69) is 10.6 Å². The second-order valence-electron chi connectivity index (χ2n) is 9.49. The average Bonchev–Trinajstić information content (AvgIpc) is 3.43. The van der Waals surface area contributed by atoms with Crippen molar-refractivity contribution < 1.29 is 24.2 Å². The summed E-state index contributed by atoms with van der Waals surface area (Å²) in [4.78, 5) is 26.2. The Morgan fingerprint density at radius 3 is 2.52 bits per heavy atom. The maximum absolute atomic E-state index is 13.3. The van der Waals surface area contributed by atoms with Gasteiger partial charge in [0.15, 0.2) is 0 Å². The molecule has 210 valence electrons. The number of amides is 1. The molecule has 3 aromatic carbocycles. The van der Waals surface area contributed by atoms with E-state index in [0.717, 1.165) is 42.0 Å². The van der Waals surface area contributed by atoms with E-state index < -0.39 is 5.97 Å². The number of nitrogens with zero attached hydrogens (tertiary/aromatic N) is 1. The number of allylic oxidation sites excluding steroid dienone is 1. The van der Waals surface area contributed by atoms with Gasteiger partial charge in [-0.2, -0.15) is 0 Å². The largest absolute Gasteiger partial charge is 0.495 e. The molecule has 0 saturated carbocycles. The molecule has 1 saturated heterocycles. The van der Waals surface area contributed by atoms with Crippen LogP contribution in [-0.4, -0.2) is 48.2 Å². The molecule has 0 spiro atoms. The van der Waals surface area contributed by atoms with E-state index in [1.165, 1.54) is 12.1 Å². The van der Waals surface area contributed by atoms with Gasteiger partial charge in [-0.1, -0.05) is 36.7 Å². The molecule has 0 bridgehead atoms. The Bertz CT molecular complexity index is 1360. The molecule has 40 heavy (non-hydrogen) atoms. The third-order valence-corrected chi connectivity index (χ3v) is 7.01. The van der Waals surface area contributed by atoms with Crippen molar-refractivity contribution in [2.45, 2.75) is 38.6 Å². The third kappa shape index (κ3) is 7.48. The van der Waals surface area contributed by atoms with Crippen molar-refractivity contribution in [3.8, 4) is 11.5 Å². The number of hydrogen-bond donors (Lipinski definition) is 3. The number of benzene rings is 3. The Morgan fingerprint density at radius 2 is 1.82 bits per heavy atom. The fourth-order valence-electron chi connectivity index (χ4n) is 4.64. The standard InChI is InChI=1S/C31H34ClN3O5/c1-3-7-29(33-26-10-5-4-9-25(26)32)34-27-16-11-21(18-28(27)39-2)19-30(36)35-17-6-8-23(35)20-40-24-14-12-22(13-15-24)31(37)38/h4-5,7,9-16,18,23,33-34H,3,6,8,17,19-20H2,1-2H3,(H,37,38)/b29-7+. The highest BCUT2D eigenvalue weighted by Gasteiger charge is 2.29. The van der Waals surface area contributed by atoms with Crippen LogP contribution in [0.1, 0.15) is 42.1 Å². The van der Waals surface area contributed by atoms with Crippen molar-refractivity contribution in [2.24, 2.45) is 0 Å². The monoisotopic (exact) mass is 563 g/mol. The second kappa shape index (κ2) is 13.8. The summed E-state index contributed by atoms with van der Waals surface area (Å²) < 4.78 is 11.5. The predicted molar refractivity (Wildman–Crippen MR) is 157 cm³/mol. The summed E-state index contributed by atoms with van der Waals surface area (Å²) in [6, 6.07) is 19.5. The molecular formula is C31H34ClN3O5. The van der Waals surface area contributed by atoms with Gasteiger partial charge in [-0.15, -0.1) is 0 Å². The molecule has 4 rings (SSSR count). The lowest BCUT2D eigenvalue weighted by Crippen LogP contribution is -2.39. The van der Waals surface area contributed by atoms with Gasteiger partial charge in [0, 0.05) is 6.54 Å². The minimum atomic E-state index is -0.980. The van der Waals surface area contributed by atoms with E-state index in [1.54, 1.807) is 19.2 Å². The Hall–Kier alpha value is -4.17. The van der Waals surface area contributed by atoms with Crippen LogP contribution >= 0.6 is 11.6 Å². The Kier molecular flexibility index (Phi) is 9.91. The smallest absolute Gasteiger partial charge is 0.335 e. The highest BCUT2D eigenvalue weighted by molar-refractivity contribution is 6.33. The Labute approximate surface area is 239 Å². The van der Waals surface area contributed by atoms with Crippen LogP contribution in [-0.2, 0) is 11.2 Å². The quantitative estimate of drug-likeness (QED) is 0.233. The van der Waals surface area contributed by atoms with E-state index in [9.17, 15) is 9.59 Å². The zero-order valence-corrected chi connectivity index (χ0v) is 23.4. The number of ether oxygens (including phenoxy) is 2. The average molecular weight is 564 g/mol. The summed E-state index contributed by atoms with van der Waals surface area (Å²) in [5, 5.41) is 16.4. The van der Waals surface area contributed by atoms with Crippen LogP contribution < -0.4 is 20.1 Å². The number of rotatable bonds is 12. The number of carboxylic acids is 1. The number of anilines is 2. The molecule has 3 aromatic rings. The van der Waals surface area contributed by atoms with Crippen LogP contribution in [0.3, 0.4) is 0 Å². The number of nitrogens with one attached hydrogen (secondary N) is 2. The lowest BCUT2D eigenvalue weighted by molar-refractivity contribution is -0.131. The van der Waals surface area contributed by atoms with Crippen LogP contribution in [0.15, 0.2) is 78.6 Å². The van der Waals surface area contributed by atoms with E-state index in [0.29, 0.717) is 29.7 Å². The summed E-state index contributed by atoms with van der Waals surface area (Å²) in [5.74, 6) is 1.03. The molecule has 1 amide bonds. The molecule has 1 heterocycles. The lowest BCUT2D eigenvalue weighted by Gasteiger charge is -2.25. The molecular weight excluding hydrogens is 530 g/mol. The molecule has 0 aromatic heterocycles. The van der Waals surface area contributed by atoms with Gasteiger partial charge in [-0.05, 0) is 79.4 Å². The van der Waals surface area contributed by atoms with Gasteiger partial charge in [-0.25, -0.2) is 4.79 Å². The number of hydrogen-bond acceptors (Lipinski definition) is 6.